The van der Waals surface area contributed by atoms with Crippen molar-refractivity contribution in [2.75, 3.05) is 6.54 Å². The predicted octanol–water partition coefficient (Wildman–Crippen LogP) is 7.31. The standard InChI is InChI=1S/C23H46N2/c1-5-7-9-11-12-13-14-15-16-18-23-24(19-17-10-8-6-2)20-21-25(23)22(3)4/h20-23H,5-19H2,1-4H3. The summed E-state index contributed by atoms with van der Waals surface area (Å²) in [5, 5.41) is 0. The summed E-state index contributed by atoms with van der Waals surface area (Å²) < 4.78 is 0. The maximum Gasteiger partial charge on any atom is 0.101 e. The van der Waals surface area contributed by atoms with Gasteiger partial charge in [-0.05, 0) is 33.1 Å². The zero-order chi connectivity index (χ0) is 18.3. The van der Waals surface area contributed by atoms with E-state index in [2.05, 4.69) is 49.9 Å². The van der Waals surface area contributed by atoms with Crippen molar-refractivity contribution in [3.63, 3.8) is 0 Å². The van der Waals surface area contributed by atoms with E-state index in [0.717, 1.165) is 0 Å². The Labute approximate surface area is 159 Å². The summed E-state index contributed by atoms with van der Waals surface area (Å²) in [6.45, 7) is 10.5. The topological polar surface area (TPSA) is 6.48 Å². The highest BCUT2D eigenvalue weighted by Crippen LogP contribution is 2.24. The second kappa shape index (κ2) is 14.5. The number of unbranched alkanes of at least 4 members (excludes halogenated alkanes) is 11. The second-order valence-electron chi connectivity index (χ2n) is 8.24. The van der Waals surface area contributed by atoms with Crippen LogP contribution in [0.4, 0.5) is 0 Å². The molecule has 1 aliphatic heterocycles. The molecule has 0 fully saturated rings. The lowest BCUT2D eigenvalue weighted by Gasteiger charge is -2.35. The Morgan fingerprint density at radius 2 is 1.20 bits per heavy atom. The molecule has 2 nitrogen and oxygen atoms in total. The predicted molar refractivity (Wildman–Crippen MR) is 113 cm³/mol. The largest absolute Gasteiger partial charge is 0.356 e. The van der Waals surface area contributed by atoms with Crippen LogP contribution in [0, 0.1) is 0 Å². The Hall–Kier alpha value is -0.660. The van der Waals surface area contributed by atoms with Gasteiger partial charge in [0.1, 0.15) is 6.17 Å². The highest BCUT2D eigenvalue weighted by Gasteiger charge is 2.26. The Bertz CT molecular complexity index is 324. The van der Waals surface area contributed by atoms with Crippen LogP contribution in [0.1, 0.15) is 118 Å². The molecule has 0 saturated carbocycles. The third-order valence-corrected chi connectivity index (χ3v) is 5.59. The van der Waals surface area contributed by atoms with Gasteiger partial charge in [0.15, 0.2) is 0 Å². The van der Waals surface area contributed by atoms with Crippen molar-refractivity contribution in [3.8, 4) is 0 Å². The van der Waals surface area contributed by atoms with Gasteiger partial charge >= 0.3 is 0 Å². The molecule has 1 aliphatic rings. The van der Waals surface area contributed by atoms with E-state index in [0.29, 0.717) is 12.2 Å². The van der Waals surface area contributed by atoms with Gasteiger partial charge in [0.05, 0.1) is 0 Å². The first-order chi connectivity index (χ1) is 12.2. The zero-order valence-corrected chi connectivity index (χ0v) is 17.8. The minimum Gasteiger partial charge on any atom is -0.356 e. The molecular formula is C23H46N2. The van der Waals surface area contributed by atoms with Gasteiger partial charge in [-0.2, -0.15) is 0 Å². The Morgan fingerprint density at radius 3 is 1.76 bits per heavy atom. The molecule has 0 aromatic rings. The molecule has 0 spiro atoms. The van der Waals surface area contributed by atoms with E-state index >= 15 is 0 Å². The summed E-state index contributed by atoms with van der Waals surface area (Å²) in [4.78, 5) is 5.19. The van der Waals surface area contributed by atoms with E-state index in [4.69, 9.17) is 0 Å². The summed E-state index contributed by atoms with van der Waals surface area (Å²) >= 11 is 0. The zero-order valence-electron chi connectivity index (χ0n) is 17.8. The van der Waals surface area contributed by atoms with Gasteiger partial charge < -0.3 is 9.80 Å². The summed E-state index contributed by atoms with van der Waals surface area (Å²) in [7, 11) is 0. The first kappa shape index (κ1) is 22.4. The van der Waals surface area contributed by atoms with Crippen molar-refractivity contribution in [2.45, 2.75) is 130 Å². The van der Waals surface area contributed by atoms with Crippen LogP contribution >= 0.6 is 0 Å². The second-order valence-corrected chi connectivity index (χ2v) is 8.24. The molecule has 1 unspecified atom stereocenters. The fourth-order valence-corrected chi connectivity index (χ4v) is 3.95. The monoisotopic (exact) mass is 350 g/mol. The molecule has 148 valence electrons. The molecule has 0 radical (unpaired) electrons. The summed E-state index contributed by atoms with van der Waals surface area (Å²) in [6, 6.07) is 0.612. The molecule has 1 rings (SSSR count). The third kappa shape index (κ3) is 9.56. The Morgan fingerprint density at radius 1 is 0.680 bits per heavy atom. The summed E-state index contributed by atoms with van der Waals surface area (Å²) in [5.41, 5.74) is 0. The Kier molecular flexibility index (Phi) is 13.0. The highest BCUT2D eigenvalue weighted by atomic mass is 15.4. The summed E-state index contributed by atoms with van der Waals surface area (Å²) in [6.07, 6.45) is 24.9. The van der Waals surface area contributed by atoms with Crippen molar-refractivity contribution in [1.82, 2.24) is 9.80 Å². The van der Waals surface area contributed by atoms with Gasteiger partial charge in [0, 0.05) is 25.0 Å². The Balaban J connectivity index is 2.19. The van der Waals surface area contributed by atoms with E-state index in [-0.39, 0.29) is 0 Å². The average molecular weight is 351 g/mol. The maximum absolute atomic E-state index is 2.61. The van der Waals surface area contributed by atoms with Gasteiger partial charge in [-0.1, -0.05) is 84.5 Å². The quantitative estimate of drug-likeness (QED) is 0.269. The van der Waals surface area contributed by atoms with Crippen LogP contribution < -0.4 is 0 Å². The van der Waals surface area contributed by atoms with Crippen LogP contribution in [0.15, 0.2) is 12.4 Å². The van der Waals surface area contributed by atoms with Crippen molar-refractivity contribution < 1.29 is 0 Å². The maximum atomic E-state index is 2.61. The molecule has 0 bridgehead atoms. The summed E-state index contributed by atoms with van der Waals surface area (Å²) in [5.74, 6) is 0. The fourth-order valence-electron chi connectivity index (χ4n) is 3.95. The van der Waals surface area contributed by atoms with E-state index < -0.39 is 0 Å². The van der Waals surface area contributed by atoms with E-state index in [1.165, 1.54) is 96.4 Å². The molecule has 0 aliphatic carbocycles. The number of hydrogen-bond acceptors (Lipinski definition) is 2. The van der Waals surface area contributed by atoms with Crippen molar-refractivity contribution in [2.24, 2.45) is 0 Å². The van der Waals surface area contributed by atoms with Gasteiger partial charge in [-0.15, -0.1) is 0 Å². The molecule has 1 atom stereocenters. The lowest BCUT2D eigenvalue weighted by molar-refractivity contribution is 0.114. The van der Waals surface area contributed by atoms with E-state index in [9.17, 15) is 0 Å². The number of hydrogen-bond donors (Lipinski definition) is 0. The van der Waals surface area contributed by atoms with Crippen molar-refractivity contribution in [3.05, 3.63) is 12.4 Å². The molecule has 0 N–H and O–H groups in total. The molecule has 25 heavy (non-hydrogen) atoms. The minimum absolute atomic E-state index is 0.612. The molecule has 0 amide bonds. The minimum atomic E-state index is 0.612. The fraction of sp³-hybridized carbons (Fsp3) is 0.913. The van der Waals surface area contributed by atoms with Gasteiger partial charge in [-0.25, -0.2) is 0 Å². The average Bonchev–Trinajstić information content (AvgIpc) is 3.00. The first-order valence-corrected chi connectivity index (χ1v) is 11.4. The molecule has 1 heterocycles. The molecular weight excluding hydrogens is 304 g/mol. The SMILES string of the molecule is CCCCCCCCCCCC1N(CCCCCC)C=CN1C(C)C. The molecule has 0 saturated heterocycles. The lowest BCUT2D eigenvalue weighted by Crippen LogP contribution is -2.42. The normalized spacial score (nSPS) is 17.2. The first-order valence-electron chi connectivity index (χ1n) is 11.4. The molecule has 0 aromatic carbocycles. The lowest BCUT2D eigenvalue weighted by atomic mass is 10.1. The van der Waals surface area contributed by atoms with E-state index in [1.807, 2.05) is 0 Å². The van der Waals surface area contributed by atoms with Crippen LogP contribution in [0.2, 0.25) is 0 Å². The smallest absolute Gasteiger partial charge is 0.101 e. The van der Waals surface area contributed by atoms with Crippen LogP contribution in [0.3, 0.4) is 0 Å². The van der Waals surface area contributed by atoms with Gasteiger partial charge in [0.25, 0.3) is 0 Å². The highest BCUT2D eigenvalue weighted by molar-refractivity contribution is 4.98. The van der Waals surface area contributed by atoms with Crippen LogP contribution in [-0.4, -0.2) is 28.6 Å². The number of rotatable bonds is 16. The van der Waals surface area contributed by atoms with Gasteiger partial charge in [-0.3, -0.25) is 0 Å². The van der Waals surface area contributed by atoms with E-state index in [1.54, 1.807) is 0 Å². The number of nitrogens with zero attached hydrogens (tertiary/aromatic N) is 2. The third-order valence-electron chi connectivity index (χ3n) is 5.59. The molecule has 2 heteroatoms. The van der Waals surface area contributed by atoms with Crippen molar-refractivity contribution >= 4 is 0 Å². The van der Waals surface area contributed by atoms with Crippen LogP contribution in [-0.2, 0) is 0 Å². The van der Waals surface area contributed by atoms with Crippen LogP contribution in [0.25, 0.3) is 0 Å². The van der Waals surface area contributed by atoms with Crippen molar-refractivity contribution in [1.29, 1.82) is 0 Å². The van der Waals surface area contributed by atoms with Gasteiger partial charge in [0.2, 0.25) is 0 Å². The molecule has 0 aromatic heterocycles. The van der Waals surface area contributed by atoms with Crippen LogP contribution in [0.5, 0.6) is 0 Å².